The molecule has 0 unspecified atom stereocenters. The first-order chi connectivity index (χ1) is 27.3. The van der Waals surface area contributed by atoms with E-state index >= 15 is 0 Å². The molecule has 2 heterocycles. The maximum absolute atomic E-state index is 5.10. The van der Waals surface area contributed by atoms with Gasteiger partial charge in [0.25, 0.3) is 0 Å². The third-order valence-corrected chi connectivity index (χ3v) is 11.3. The Morgan fingerprint density at radius 1 is 0.291 bits per heavy atom. The van der Waals surface area contributed by atoms with Gasteiger partial charge in [-0.15, -0.1) is 0 Å². The summed E-state index contributed by atoms with van der Waals surface area (Å²) >= 11 is 0. The van der Waals surface area contributed by atoms with Crippen LogP contribution in [-0.2, 0) is 0 Å². The normalized spacial score (nSPS) is 12.0. The van der Waals surface area contributed by atoms with Crippen molar-refractivity contribution in [2.75, 3.05) is 0 Å². The molecule has 1 aliphatic carbocycles. The zero-order chi connectivity index (χ0) is 36.0. The fraction of sp³-hybridized carbons (Fsp3) is 0. The molecule has 0 spiro atoms. The van der Waals surface area contributed by atoms with Crippen LogP contribution in [0.1, 0.15) is 0 Å². The number of hydrogen-bond acceptors (Lipinski definition) is 3. The Morgan fingerprint density at radius 2 is 0.745 bits per heavy atom. The lowest BCUT2D eigenvalue weighted by Crippen LogP contribution is -2.01. The summed E-state index contributed by atoms with van der Waals surface area (Å²) in [6.07, 6.45) is 0. The van der Waals surface area contributed by atoms with Gasteiger partial charge in [0.15, 0.2) is 17.5 Å². The maximum atomic E-state index is 5.10. The number of fused-ring (bicyclic) bond motifs is 1. The third kappa shape index (κ3) is 4.43. The lowest BCUT2D eigenvalue weighted by Gasteiger charge is -2.15. The fourth-order valence-electron chi connectivity index (χ4n) is 8.96. The Morgan fingerprint density at radius 3 is 1.38 bits per heavy atom. The van der Waals surface area contributed by atoms with Gasteiger partial charge < -0.3 is 4.57 Å². The van der Waals surface area contributed by atoms with Crippen LogP contribution >= 0.6 is 0 Å². The first-order valence-electron chi connectivity index (χ1n) is 18.7. The van der Waals surface area contributed by atoms with Crippen LogP contribution in [0.25, 0.3) is 116 Å². The van der Waals surface area contributed by atoms with Crippen molar-refractivity contribution in [1.29, 1.82) is 0 Å². The van der Waals surface area contributed by atoms with Crippen molar-refractivity contribution in [3.8, 4) is 62.1 Å². The van der Waals surface area contributed by atoms with E-state index in [1.807, 2.05) is 60.7 Å². The molecule has 254 valence electrons. The van der Waals surface area contributed by atoms with Gasteiger partial charge in [0, 0.05) is 38.5 Å². The second-order valence-corrected chi connectivity index (χ2v) is 14.4. The number of nitrogens with zero attached hydrogens (tertiary/aromatic N) is 4. The predicted octanol–water partition coefficient (Wildman–Crippen LogP) is 13.1. The minimum Gasteiger partial charge on any atom is -0.309 e. The standard InChI is InChI=1S/C51H30N4/c1-3-12-34(13-4-1)49-52-50(35-14-5-2-6-15-35)54-51(53-49)41-21-8-7-20-38(41)36-18-9-19-37(30-36)55-42-28-26-32-17-11-23-40-39-22-10-16-31-24-25-33-27-29-43(55)48(46(33)44(31)39)47(42)45(32)40/h1-30H. The number of hydrogen-bond donors (Lipinski definition) is 0. The van der Waals surface area contributed by atoms with Gasteiger partial charge in [0.05, 0.1) is 11.0 Å². The van der Waals surface area contributed by atoms with Gasteiger partial charge in [-0.1, -0.05) is 158 Å². The summed E-state index contributed by atoms with van der Waals surface area (Å²) < 4.78 is 2.46. The summed E-state index contributed by atoms with van der Waals surface area (Å²) in [5.41, 5.74) is 11.1. The zero-order valence-corrected chi connectivity index (χ0v) is 29.6. The quantitative estimate of drug-likeness (QED) is 0.168. The zero-order valence-electron chi connectivity index (χ0n) is 29.6. The van der Waals surface area contributed by atoms with E-state index in [-0.39, 0.29) is 0 Å². The highest BCUT2D eigenvalue weighted by Crippen LogP contribution is 2.50. The van der Waals surface area contributed by atoms with Crippen LogP contribution in [-0.4, -0.2) is 19.5 Å². The first kappa shape index (κ1) is 30.1. The van der Waals surface area contributed by atoms with Crippen LogP contribution in [0, 0.1) is 0 Å². The molecule has 0 aliphatic heterocycles. The van der Waals surface area contributed by atoms with Crippen molar-refractivity contribution in [2.45, 2.75) is 0 Å². The van der Waals surface area contributed by atoms with Crippen LogP contribution in [0.3, 0.4) is 0 Å². The molecule has 0 N–H and O–H groups in total. The van der Waals surface area contributed by atoms with E-state index in [1.165, 1.54) is 65.3 Å². The average Bonchev–Trinajstić information content (AvgIpc) is 3.54. The van der Waals surface area contributed by atoms with Gasteiger partial charge in [-0.3, -0.25) is 0 Å². The third-order valence-electron chi connectivity index (χ3n) is 11.3. The molecule has 2 aromatic heterocycles. The Balaban J connectivity index is 1.10. The molecule has 11 aromatic rings. The van der Waals surface area contributed by atoms with E-state index in [1.54, 1.807) is 0 Å². The molecule has 1 aliphatic rings. The number of aromatic nitrogens is 4. The Kier molecular flexibility index (Phi) is 6.31. The highest BCUT2D eigenvalue weighted by Gasteiger charge is 2.24. The van der Waals surface area contributed by atoms with Gasteiger partial charge in [0.1, 0.15) is 0 Å². The molecule has 9 aromatic carbocycles. The summed E-state index contributed by atoms with van der Waals surface area (Å²) in [7, 11) is 0. The molecule has 0 amide bonds. The molecule has 12 rings (SSSR count). The number of benzene rings is 9. The van der Waals surface area contributed by atoms with Gasteiger partial charge >= 0.3 is 0 Å². The highest BCUT2D eigenvalue weighted by atomic mass is 15.0. The largest absolute Gasteiger partial charge is 0.309 e. The topological polar surface area (TPSA) is 43.6 Å². The van der Waals surface area contributed by atoms with Crippen molar-refractivity contribution < 1.29 is 0 Å². The second-order valence-electron chi connectivity index (χ2n) is 14.4. The molecule has 4 nitrogen and oxygen atoms in total. The van der Waals surface area contributed by atoms with Gasteiger partial charge in [0.2, 0.25) is 0 Å². The number of rotatable bonds is 5. The van der Waals surface area contributed by atoms with E-state index < -0.39 is 0 Å². The van der Waals surface area contributed by atoms with Gasteiger partial charge in [-0.2, -0.15) is 0 Å². The molecule has 4 heteroatoms. The molecular formula is C51H30N4. The molecular weight excluding hydrogens is 669 g/mol. The molecule has 0 saturated heterocycles. The monoisotopic (exact) mass is 698 g/mol. The van der Waals surface area contributed by atoms with Gasteiger partial charge in [-0.05, 0) is 73.5 Å². The Labute approximate surface area is 316 Å². The van der Waals surface area contributed by atoms with E-state index in [0.717, 1.165) is 33.5 Å². The maximum Gasteiger partial charge on any atom is 0.164 e. The fourth-order valence-corrected chi connectivity index (χ4v) is 8.96. The molecule has 0 saturated carbocycles. The van der Waals surface area contributed by atoms with E-state index in [0.29, 0.717) is 17.5 Å². The van der Waals surface area contributed by atoms with E-state index in [2.05, 4.69) is 126 Å². The van der Waals surface area contributed by atoms with Crippen LogP contribution in [0.15, 0.2) is 182 Å². The van der Waals surface area contributed by atoms with Crippen molar-refractivity contribution >= 4 is 54.1 Å². The van der Waals surface area contributed by atoms with Crippen LogP contribution in [0.2, 0.25) is 0 Å². The Hall–Kier alpha value is -7.43. The highest BCUT2D eigenvalue weighted by molar-refractivity contribution is 6.38. The lowest BCUT2D eigenvalue weighted by atomic mass is 9.93. The Bertz CT molecular complexity index is 3310. The van der Waals surface area contributed by atoms with Crippen molar-refractivity contribution in [3.63, 3.8) is 0 Å². The minimum absolute atomic E-state index is 0.640. The van der Waals surface area contributed by atoms with Crippen LogP contribution in [0.4, 0.5) is 0 Å². The minimum atomic E-state index is 0.640. The van der Waals surface area contributed by atoms with Crippen molar-refractivity contribution in [2.24, 2.45) is 0 Å². The lowest BCUT2D eigenvalue weighted by molar-refractivity contribution is 1.07. The van der Waals surface area contributed by atoms with Crippen molar-refractivity contribution in [3.05, 3.63) is 182 Å². The summed E-state index contributed by atoms with van der Waals surface area (Å²) in [5.74, 6) is 1.93. The smallest absolute Gasteiger partial charge is 0.164 e. The molecule has 0 fully saturated rings. The van der Waals surface area contributed by atoms with E-state index in [9.17, 15) is 0 Å². The predicted molar refractivity (Wildman–Crippen MR) is 227 cm³/mol. The van der Waals surface area contributed by atoms with Crippen LogP contribution < -0.4 is 0 Å². The van der Waals surface area contributed by atoms with E-state index in [4.69, 9.17) is 15.0 Å². The molecule has 0 radical (unpaired) electrons. The van der Waals surface area contributed by atoms with Gasteiger partial charge in [-0.25, -0.2) is 15.0 Å². The summed E-state index contributed by atoms with van der Waals surface area (Å²) in [4.78, 5) is 15.1. The van der Waals surface area contributed by atoms with Crippen molar-refractivity contribution in [1.82, 2.24) is 19.5 Å². The SMILES string of the molecule is c1ccc(-c2nc(-c3ccccc3)nc(-c3ccccc3-c3cccc(-n4c5ccc6cccc7c6c5c5c6c(ccc8cccc-7c86)ccc54)c3)n2)cc1. The molecule has 0 atom stereocenters. The van der Waals surface area contributed by atoms with Crippen LogP contribution in [0.5, 0.6) is 0 Å². The second kappa shape index (κ2) is 11.5. The first-order valence-corrected chi connectivity index (χ1v) is 18.7. The summed E-state index contributed by atoms with van der Waals surface area (Å²) in [6.45, 7) is 0. The summed E-state index contributed by atoms with van der Waals surface area (Å²) in [6, 6.07) is 64.9. The molecule has 0 bridgehead atoms. The molecule has 55 heavy (non-hydrogen) atoms. The summed E-state index contributed by atoms with van der Waals surface area (Å²) in [5, 5.41) is 10.4. The average molecular weight is 699 g/mol.